The first kappa shape index (κ1) is 12.8. The standard InChI is InChI=1S/C11H20BrNO2/c1-8-6-13(7-9(8)5-12)10(14)15-11(2,3)4/h8-9H,5-7H2,1-4H3/t8-,9-/m1/s1. The predicted octanol–water partition coefficient (Wildman–Crippen LogP) is 2.88. The molecule has 1 fully saturated rings. The van der Waals surface area contributed by atoms with Crippen molar-refractivity contribution >= 4 is 22.0 Å². The van der Waals surface area contributed by atoms with E-state index >= 15 is 0 Å². The predicted molar refractivity (Wildman–Crippen MR) is 64.3 cm³/mol. The molecule has 0 unspecified atom stereocenters. The highest BCUT2D eigenvalue weighted by molar-refractivity contribution is 9.09. The van der Waals surface area contributed by atoms with Crippen LogP contribution in [-0.4, -0.2) is 35.0 Å². The zero-order chi connectivity index (χ0) is 11.6. The third-order valence-electron chi connectivity index (χ3n) is 2.62. The topological polar surface area (TPSA) is 29.5 Å². The first-order valence-electron chi connectivity index (χ1n) is 5.37. The molecule has 0 spiro atoms. The summed E-state index contributed by atoms with van der Waals surface area (Å²) in [5.74, 6) is 1.11. The number of halogens is 1. The molecule has 0 radical (unpaired) electrons. The molecule has 0 aromatic carbocycles. The van der Waals surface area contributed by atoms with Crippen LogP contribution in [0, 0.1) is 11.8 Å². The van der Waals surface area contributed by atoms with Crippen molar-refractivity contribution in [2.75, 3.05) is 18.4 Å². The summed E-state index contributed by atoms with van der Waals surface area (Å²) < 4.78 is 5.33. The molecule has 2 atom stereocenters. The van der Waals surface area contributed by atoms with E-state index in [1.807, 2.05) is 25.7 Å². The third-order valence-corrected chi connectivity index (χ3v) is 3.45. The van der Waals surface area contributed by atoms with Gasteiger partial charge in [-0.05, 0) is 32.6 Å². The Labute approximate surface area is 100 Å². The van der Waals surface area contributed by atoms with E-state index in [9.17, 15) is 4.79 Å². The first-order chi connectivity index (χ1) is 6.83. The number of carbonyl (C=O) groups excluding carboxylic acids is 1. The number of ether oxygens (including phenoxy) is 1. The number of hydrogen-bond donors (Lipinski definition) is 0. The summed E-state index contributed by atoms with van der Waals surface area (Å²) in [6.07, 6.45) is -0.183. The monoisotopic (exact) mass is 277 g/mol. The summed E-state index contributed by atoms with van der Waals surface area (Å²) in [6, 6.07) is 0. The molecule has 4 heteroatoms. The van der Waals surface area contributed by atoms with Crippen LogP contribution in [0.15, 0.2) is 0 Å². The molecule has 88 valence electrons. The minimum absolute atomic E-state index is 0.183. The van der Waals surface area contributed by atoms with E-state index < -0.39 is 5.60 Å². The van der Waals surface area contributed by atoms with Gasteiger partial charge in [-0.25, -0.2) is 4.79 Å². The fraction of sp³-hybridized carbons (Fsp3) is 0.909. The van der Waals surface area contributed by atoms with Crippen molar-refractivity contribution in [2.45, 2.75) is 33.3 Å². The molecule has 0 N–H and O–H groups in total. The van der Waals surface area contributed by atoms with Gasteiger partial charge < -0.3 is 9.64 Å². The van der Waals surface area contributed by atoms with Gasteiger partial charge >= 0.3 is 6.09 Å². The summed E-state index contributed by atoms with van der Waals surface area (Å²) in [7, 11) is 0. The number of alkyl halides is 1. The van der Waals surface area contributed by atoms with Crippen LogP contribution >= 0.6 is 15.9 Å². The molecule has 15 heavy (non-hydrogen) atoms. The van der Waals surface area contributed by atoms with Crippen LogP contribution in [0.2, 0.25) is 0 Å². The van der Waals surface area contributed by atoms with Crippen molar-refractivity contribution < 1.29 is 9.53 Å². The van der Waals surface area contributed by atoms with Gasteiger partial charge in [-0.1, -0.05) is 22.9 Å². The van der Waals surface area contributed by atoms with E-state index in [-0.39, 0.29) is 6.09 Å². The van der Waals surface area contributed by atoms with E-state index in [2.05, 4.69) is 22.9 Å². The normalized spacial score (nSPS) is 26.9. The summed E-state index contributed by atoms with van der Waals surface area (Å²) in [4.78, 5) is 13.6. The van der Waals surface area contributed by atoms with Crippen LogP contribution in [0.25, 0.3) is 0 Å². The lowest BCUT2D eigenvalue weighted by Gasteiger charge is -2.24. The molecule has 3 nitrogen and oxygen atoms in total. The van der Waals surface area contributed by atoms with Crippen LogP contribution in [-0.2, 0) is 4.74 Å². The second-order valence-corrected chi connectivity index (χ2v) is 5.92. The molecule has 1 heterocycles. The van der Waals surface area contributed by atoms with Crippen molar-refractivity contribution in [1.82, 2.24) is 4.90 Å². The lowest BCUT2D eigenvalue weighted by molar-refractivity contribution is 0.0285. The van der Waals surface area contributed by atoms with Crippen molar-refractivity contribution in [3.63, 3.8) is 0 Å². The molecular weight excluding hydrogens is 258 g/mol. The van der Waals surface area contributed by atoms with Crippen LogP contribution in [0.4, 0.5) is 4.79 Å². The average molecular weight is 278 g/mol. The maximum absolute atomic E-state index is 11.8. The molecule has 1 amide bonds. The maximum Gasteiger partial charge on any atom is 0.410 e. The number of amides is 1. The highest BCUT2D eigenvalue weighted by atomic mass is 79.9. The second-order valence-electron chi connectivity index (χ2n) is 5.28. The molecule has 0 aliphatic carbocycles. The zero-order valence-electron chi connectivity index (χ0n) is 9.92. The quantitative estimate of drug-likeness (QED) is 0.690. The fourth-order valence-corrected chi connectivity index (χ4v) is 2.55. The number of rotatable bonds is 1. The number of hydrogen-bond acceptors (Lipinski definition) is 2. The minimum atomic E-state index is -0.396. The van der Waals surface area contributed by atoms with Gasteiger partial charge in [0.1, 0.15) is 5.60 Å². The minimum Gasteiger partial charge on any atom is -0.444 e. The number of carbonyl (C=O) groups is 1. The molecule has 1 saturated heterocycles. The molecular formula is C11H20BrNO2. The Morgan fingerprint density at radius 3 is 2.47 bits per heavy atom. The highest BCUT2D eigenvalue weighted by Crippen LogP contribution is 2.25. The molecule has 1 aliphatic rings. The van der Waals surface area contributed by atoms with E-state index in [1.165, 1.54) is 0 Å². The Morgan fingerprint density at radius 1 is 1.47 bits per heavy atom. The highest BCUT2D eigenvalue weighted by Gasteiger charge is 2.33. The van der Waals surface area contributed by atoms with Gasteiger partial charge in [0, 0.05) is 18.4 Å². The Kier molecular flexibility index (Phi) is 4.04. The lowest BCUT2D eigenvalue weighted by atomic mass is 10.0. The van der Waals surface area contributed by atoms with Crippen molar-refractivity contribution in [3.8, 4) is 0 Å². The molecule has 0 saturated carbocycles. The van der Waals surface area contributed by atoms with Crippen LogP contribution < -0.4 is 0 Å². The third kappa shape index (κ3) is 3.67. The Bertz CT molecular complexity index is 237. The van der Waals surface area contributed by atoms with Gasteiger partial charge in [0.25, 0.3) is 0 Å². The average Bonchev–Trinajstić information content (AvgIpc) is 2.43. The largest absolute Gasteiger partial charge is 0.444 e. The van der Waals surface area contributed by atoms with Gasteiger partial charge in [0.05, 0.1) is 0 Å². The summed E-state index contributed by atoms with van der Waals surface area (Å²) in [5, 5.41) is 0.952. The summed E-state index contributed by atoms with van der Waals surface area (Å²) in [6.45, 7) is 9.48. The van der Waals surface area contributed by atoms with Crippen LogP contribution in [0.5, 0.6) is 0 Å². The Morgan fingerprint density at radius 2 is 2.07 bits per heavy atom. The SMILES string of the molecule is C[C@@H]1CN(C(=O)OC(C)(C)C)C[C@H]1CBr. The van der Waals surface area contributed by atoms with Gasteiger partial charge in [0.2, 0.25) is 0 Å². The summed E-state index contributed by atoms with van der Waals surface area (Å²) >= 11 is 3.48. The van der Waals surface area contributed by atoms with Gasteiger partial charge in [0.15, 0.2) is 0 Å². The van der Waals surface area contributed by atoms with Crippen molar-refractivity contribution in [3.05, 3.63) is 0 Å². The zero-order valence-corrected chi connectivity index (χ0v) is 11.5. The Balaban J connectivity index is 2.50. The van der Waals surface area contributed by atoms with Gasteiger partial charge in [-0.15, -0.1) is 0 Å². The molecule has 0 bridgehead atoms. The van der Waals surface area contributed by atoms with Crippen LogP contribution in [0.3, 0.4) is 0 Å². The first-order valence-corrected chi connectivity index (χ1v) is 6.49. The van der Waals surface area contributed by atoms with E-state index in [0.717, 1.165) is 18.4 Å². The fourth-order valence-electron chi connectivity index (χ4n) is 1.71. The van der Waals surface area contributed by atoms with Gasteiger partial charge in [-0.2, -0.15) is 0 Å². The van der Waals surface area contributed by atoms with E-state index in [0.29, 0.717) is 11.8 Å². The van der Waals surface area contributed by atoms with E-state index in [1.54, 1.807) is 0 Å². The maximum atomic E-state index is 11.8. The van der Waals surface area contributed by atoms with Gasteiger partial charge in [-0.3, -0.25) is 0 Å². The van der Waals surface area contributed by atoms with Crippen molar-refractivity contribution in [2.24, 2.45) is 11.8 Å². The number of nitrogens with zero attached hydrogens (tertiary/aromatic N) is 1. The van der Waals surface area contributed by atoms with Crippen LogP contribution in [0.1, 0.15) is 27.7 Å². The molecule has 0 aromatic heterocycles. The molecule has 0 aromatic rings. The van der Waals surface area contributed by atoms with Crippen molar-refractivity contribution in [1.29, 1.82) is 0 Å². The smallest absolute Gasteiger partial charge is 0.410 e. The lowest BCUT2D eigenvalue weighted by Crippen LogP contribution is -2.35. The van der Waals surface area contributed by atoms with E-state index in [4.69, 9.17) is 4.74 Å². The summed E-state index contributed by atoms with van der Waals surface area (Å²) in [5.41, 5.74) is -0.396. The second kappa shape index (κ2) is 4.73. The molecule has 1 aliphatic heterocycles. The Hall–Kier alpha value is -0.250. The molecule has 1 rings (SSSR count). The number of likely N-dealkylation sites (tertiary alicyclic amines) is 1.